The highest BCUT2D eigenvalue weighted by Crippen LogP contribution is 2.43. The normalized spacial score (nSPS) is 14.3. The second-order valence-electron chi connectivity index (χ2n) is 8.86. The van der Waals surface area contributed by atoms with E-state index < -0.39 is 15.4 Å². The van der Waals surface area contributed by atoms with E-state index in [-0.39, 0.29) is 9.80 Å². The Kier molecular flexibility index (Phi) is 8.13. The second kappa shape index (κ2) is 11.3. The lowest BCUT2D eigenvalue weighted by Gasteiger charge is -2.31. The van der Waals surface area contributed by atoms with Crippen LogP contribution >= 0.6 is 11.6 Å². The molecular weight excluding hydrogens is 500 g/mol. The standard InChI is InChI=1S/C32H29ClO3S/c1-3-30(26-10-6-4-7-11-26)31(37(35,36)29-20-14-24(2)15-21-29)32(34,27-12-8-5-9-13-27)23-22-25-16-18-28(33)19-17-25/h4-23,34H,3H2,1-2H3/b23-22+,31-30-. The van der Waals surface area contributed by atoms with Gasteiger partial charge in [-0.1, -0.05) is 115 Å². The molecule has 0 radical (unpaired) electrons. The third-order valence-electron chi connectivity index (χ3n) is 6.30. The SMILES string of the molecule is CC/C(=C(\C(O)(/C=C/c1ccc(Cl)cc1)c1ccccc1)S(=O)(=O)c1ccc(C)cc1)c1ccccc1. The fraction of sp³-hybridized carbons (Fsp3) is 0.125. The van der Waals surface area contributed by atoms with Crippen molar-refractivity contribution in [1.29, 1.82) is 0 Å². The van der Waals surface area contributed by atoms with Crippen LogP contribution in [0, 0.1) is 6.92 Å². The minimum Gasteiger partial charge on any atom is -0.376 e. The zero-order chi connectivity index (χ0) is 26.5. The molecule has 5 heteroatoms. The summed E-state index contributed by atoms with van der Waals surface area (Å²) in [6.07, 6.45) is 3.69. The number of rotatable bonds is 8. The maximum Gasteiger partial charge on any atom is 0.206 e. The Hall–Kier alpha value is -3.44. The molecule has 0 heterocycles. The molecule has 0 saturated carbocycles. The Balaban J connectivity index is 2.07. The summed E-state index contributed by atoms with van der Waals surface area (Å²) in [5.41, 5.74) is 1.52. The van der Waals surface area contributed by atoms with E-state index in [1.54, 1.807) is 72.8 Å². The number of aliphatic hydroxyl groups is 1. The van der Waals surface area contributed by atoms with Crippen molar-refractivity contribution in [2.45, 2.75) is 30.8 Å². The lowest BCUT2D eigenvalue weighted by molar-refractivity contribution is 0.139. The first kappa shape index (κ1) is 26.6. The topological polar surface area (TPSA) is 54.4 Å². The Morgan fingerprint density at radius 1 is 0.838 bits per heavy atom. The van der Waals surface area contributed by atoms with Crippen LogP contribution in [0.15, 0.2) is 125 Å². The highest BCUT2D eigenvalue weighted by Gasteiger charge is 2.42. The third-order valence-corrected chi connectivity index (χ3v) is 8.54. The predicted molar refractivity (Wildman–Crippen MR) is 153 cm³/mol. The van der Waals surface area contributed by atoms with Crippen LogP contribution in [-0.4, -0.2) is 13.5 Å². The summed E-state index contributed by atoms with van der Waals surface area (Å²) >= 11 is 6.05. The van der Waals surface area contributed by atoms with Crippen molar-refractivity contribution in [3.8, 4) is 0 Å². The molecule has 4 rings (SSSR count). The van der Waals surface area contributed by atoms with Crippen molar-refractivity contribution in [1.82, 2.24) is 0 Å². The minimum atomic E-state index is -4.14. The van der Waals surface area contributed by atoms with Crippen molar-refractivity contribution in [2.75, 3.05) is 0 Å². The van der Waals surface area contributed by atoms with E-state index >= 15 is 0 Å². The largest absolute Gasteiger partial charge is 0.376 e. The molecule has 0 aliphatic heterocycles. The Bertz CT molecular complexity index is 1510. The van der Waals surface area contributed by atoms with Crippen LogP contribution < -0.4 is 0 Å². The highest BCUT2D eigenvalue weighted by molar-refractivity contribution is 7.95. The molecule has 0 spiro atoms. The van der Waals surface area contributed by atoms with Crippen LogP contribution in [0.2, 0.25) is 5.02 Å². The average Bonchev–Trinajstić information content (AvgIpc) is 2.92. The van der Waals surface area contributed by atoms with Crippen LogP contribution in [0.25, 0.3) is 11.6 Å². The molecule has 3 nitrogen and oxygen atoms in total. The molecule has 1 atom stereocenters. The van der Waals surface area contributed by atoms with Gasteiger partial charge in [0, 0.05) is 5.02 Å². The predicted octanol–water partition coefficient (Wildman–Crippen LogP) is 7.84. The number of hydrogen-bond donors (Lipinski definition) is 1. The van der Waals surface area contributed by atoms with Gasteiger partial charge >= 0.3 is 0 Å². The van der Waals surface area contributed by atoms with Crippen molar-refractivity contribution in [3.63, 3.8) is 0 Å². The smallest absolute Gasteiger partial charge is 0.206 e. The number of aryl methyl sites for hydroxylation is 1. The molecule has 1 N–H and O–H groups in total. The molecule has 4 aromatic carbocycles. The Labute approximate surface area is 224 Å². The summed E-state index contributed by atoms with van der Waals surface area (Å²) in [6.45, 7) is 3.81. The Morgan fingerprint density at radius 2 is 1.41 bits per heavy atom. The lowest BCUT2D eigenvalue weighted by atomic mass is 9.87. The molecule has 0 fully saturated rings. The summed E-state index contributed by atoms with van der Waals surface area (Å²) in [6, 6.07) is 32.1. The fourth-order valence-electron chi connectivity index (χ4n) is 4.35. The molecule has 1 unspecified atom stereocenters. The minimum absolute atomic E-state index is 0.0611. The number of halogens is 1. The number of allylic oxidation sites excluding steroid dienone is 1. The molecule has 0 saturated heterocycles. The molecule has 0 amide bonds. The zero-order valence-corrected chi connectivity index (χ0v) is 22.4. The molecule has 0 bridgehead atoms. The van der Waals surface area contributed by atoms with Crippen LogP contribution in [0.1, 0.15) is 35.6 Å². The molecule has 4 aromatic rings. The monoisotopic (exact) mass is 528 g/mol. The Morgan fingerprint density at radius 3 is 1.97 bits per heavy atom. The molecule has 0 aromatic heterocycles. The van der Waals surface area contributed by atoms with Crippen LogP contribution in [0.3, 0.4) is 0 Å². The lowest BCUT2D eigenvalue weighted by Crippen LogP contribution is -2.32. The van der Waals surface area contributed by atoms with Gasteiger partial charge in [-0.15, -0.1) is 0 Å². The summed E-state index contributed by atoms with van der Waals surface area (Å²) in [5, 5.41) is 13.1. The second-order valence-corrected chi connectivity index (χ2v) is 11.2. The van der Waals surface area contributed by atoms with E-state index in [1.807, 2.05) is 62.4 Å². The summed E-state index contributed by atoms with van der Waals surface area (Å²) in [7, 11) is -4.14. The van der Waals surface area contributed by atoms with E-state index in [0.29, 0.717) is 22.6 Å². The van der Waals surface area contributed by atoms with Gasteiger partial charge in [0.2, 0.25) is 9.84 Å². The average molecular weight is 529 g/mol. The van der Waals surface area contributed by atoms with Gasteiger partial charge < -0.3 is 5.11 Å². The first-order valence-electron chi connectivity index (χ1n) is 12.1. The maximum absolute atomic E-state index is 14.4. The van der Waals surface area contributed by atoms with Crippen LogP contribution in [0.4, 0.5) is 0 Å². The fourth-order valence-corrected chi connectivity index (χ4v) is 6.39. The van der Waals surface area contributed by atoms with Crippen LogP contribution in [0.5, 0.6) is 0 Å². The third kappa shape index (κ3) is 5.78. The molecule has 37 heavy (non-hydrogen) atoms. The first-order chi connectivity index (χ1) is 17.8. The van der Waals surface area contributed by atoms with Crippen molar-refractivity contribution in [3.05, 3.63) is 147 Å². The highest BCUT2D eigenvalue weighted by atomic mass is 35.5. The number of benzene rings is 4. The van der Waals surface area contributed by atoms with Gasteiger partial charge in [0.15, 0.2) is 0 Å². The van der Waals surface area contributed by atoms with Gasteiger partial charge in [-0.05, 0) is 65.9 Å². The van der Waals surface area contributed by atoms with Gasteiger partial charge in [-0.25, -0.2) is 8.42 Å². The van der Waals surface area contributed by atoms with Crippen molar-refractivity contribution in [2.24, 2.45) is 0 Å². The molecule has 0 aliphatic rings. The zero-order valence-electron chi connectivity index (χ0n) is 20.8. The van der Waals surface area contributed by atoms with Crippen molar-refractivity contribution < 1.29 is 13.5 Å². The van der Waals surface area contributed by atoms with Gasteiger partial charge in [-0.3, -0.25) is 0 Å². The summed E-state index contributed by atoms with van der Waals surface area (Å²) in [4.78, 5) is 0.0678. The van der Waals surface area contributed by atoms with Gasteiger partial charge in [0.25, 0.3) is 0 Å². The molecule has 188 valence electrons. The first-order valence-corrected chi connectivity index (χ1v) is 14.0. The molecular formula is C32H29ClO3S. The van der Waals surface area contributed by atoms with E-state index in [2.05, 4.69) is 0 Å². The van der Waals surface area contributed by atoms with E-state index in [0.717, 1.165) is 16.7 Å². The van der Waals surface area contributed by atoms with Gasteiger partial charge in [0.1, 0.15) is 5.60 Å². The maximum atomic E-state index is 14.4. The number of hydrogen-bond acceptors (Lipinski definition) is 3. The summed E-state index contributed by atoms with van der Waals surface area (Å²) < 4.78 is 28.8. The molecule has 0 aliphatic carbocycles. The van der Waals surface area contributed by atoms with E-state index in [9.17, 15) is 13.5 Å². The van der Waals surface area contributed by atoms with E-state index in [1.165, 1.54) is 0 Å². The quantitative estimate of drug-likeness (QED) is 0.253. The van der Waals surface area contributed by atoms with Gasteiger partial charge in [0.05, 0.1) is 9.80 Å². The van der Waals surface area contributed by atoms with E-state index in [4.69, 9.17) is 11.6 Å². The number of sulfone groups is 1. The van der Waals surface area contributed by atoms with Gasteiger partial charge in [-0.2, -0.15) is 0 Å². The van der Waals surface area contributed by atoms with Crippen molar-refractivity contribution >= 4 is 33.1 Å². The summed E-state index contributed by atoms with van der Waals surface area (Å²) in [5.74, 6) is 0. The van der Waals surface area contributed by atoms with Crippen LogP contribution in [-0.2, 0) is 15.4 Å².